The van der Waals surface area contributed by atoms with Crippen LogP contribution in [0.5, 0.6) is 11.5 Å². The number of ether oxygens (including phenoxy) is 2. The fourth-order valence-corrected chi connectivity index (χ4v) is 6.06. The molecule has 2 saturated heterocycles. The van der Waals surface area contributed by atoms with Crippen molar-refractivity contribution in [2.75, 3.05) is 27.3 Å². The van der Waals surface area contributed by atoms with E-state index in [1.807, 2.05) is 24.0 Å². The topological polar surface area (TPSA) is 88.2 Å². The van der Waals surface area contributed by atoms with E-state index in [9.17, 15) is 14.4 Å². The van der Waals surface area contributed by atoms with Gasteiger partial charge >= 0.3 is 6.03 Å². The minimum absolute atomic E-state index is 0.00395. The Hall–Kier alpha value is -2.77. The maximum atomic E-state index is 13.5. The second-order valence-corrected chi connectivity index (χ2v) is 11.2. The molecule has 1 aromatic carbocycles. The number of carbonyl (C=O) groups excluding carboxylic acids is 3. The zero-order valence-electron chi connectivity index (χ0n) is 21.4. The van der Waals surface area contributed by atoms with Crippen LogP contribution >= 0.6 is 0 Å². The normalized spacial score (nSPS) is 26.4. The fourth-order valence-electron chi connectivity index (χ4n) is 6.06. The summed E-state index contributed by atoms with van der Waals surface area (Å²) >= 11 is 0. The summed E-state index contributed by atoms with van der Waals surface area (Å²) in [6.45, 7) is 11.7. The van der Waals surface area contributed by atoms with E-state index in [0.29, 0.717) is 43.0 Å². The summed E-state index contributed by atoms with van der Waals surface area (Å²) < 4.78 is 10.8. The highest BCUT2D eigenvalue weighted by atomic mass is 16.5. The summed E-state index contributed by atoms with van der Waals surface area (Å²) in [5.41, 5.74) is -0.283. The predicted molar refractivity (Wildman–Crippen MR) is 127 cm³/mol. The number of amides is 4. The van der Waals surface area contributed by atoms with Crippen molar-refractivity contribution < 1.29 is 23.9 Å². The van der Waals surface area contributed by atoms with E-state index in [2.05, 4.69) is 33.0 Å². The van der Waals surface area contributed by atoms with Crippen LogP contribution in [0.4, 0.5) is 4.79 Å². The summed E-state index contributed by atoms with van der Waals surface area (Å²) in [5, 5.41) is 2.95. The smallest absolute Gasteiger partial charge is 0.325 e. The molecule has 186 valence electrons. The molecule has 1 atom stereocenters. The van der Waals surface area contributed by atoms with Gasteiger partial charge in [-0.1, -0.05) is 39.8 Å². The molecule has 1 aromatic rings. The maximum absolute atomic E-state index is 13.5. The average Bonchev–Trinajstić information content (AvgIpc) is 3.11. The first-order valence-corrected chi connectivity index (χ1v) is 12.0. The van der Waals surface area contributed by atoms with E-state index in [1.165, 1.54) is 12.0 Å². The van der Waals surface area contributed by atoms with Crippen molar-refractivity contribution in [2.45, 2.75) is 59.5 Å². The summed E-state index contributed by atoms with van der Waals surface area (Å²) in [5.74, 6) is 1.04. The van der Waals surface area contributed by atoms with Crippen molar-refractivity contribution in [1.29, 1.82) is 0 Å². The molecule has 1 N–H and O–H groups in total. The second kappa shape index (κ2) is 8.17. The van der Waals surface area contributed by atoms with Crippen molar-refractivity contribution in [3.8, 4) is 11.5 Å². The standard InChI is InChI=1S/C26H37N3O5/c1-24(2)20(25(24,3)4)21(30)28-13-11-17(12-14-28)26(5)22(31)29(23(32)27-26)15-16-9-8-10-18(33-6)19(16)34-7/h8-10,17,20H,11-15H2,1-7H3,(H,27,32)/t26-/m0/s1. The molecule has 0 radical (unpaired) electrons. The van der Waals surface area contributed by atoms with Gasteiger partial charge in [0.05, 0.1) is 20.8 Å². The quantitative estimate of drug-likeness (QED) is 0.642. The number of methoxy groups -OCH3 is 2. The lowest BCUT2D eigenvalue weighted by Crippen LogP contribution is -2.54. The molecule has 0 unspecified atom stereocenters. The molecule has 4 amide bonds. The third kappa shape index (κ3) is 3.53. The lowest BCUT2D eigenvalue weighted by Gasteiger charge is -2.39. The minimum atomic E-state index is -0.990. The highest BCUT2D eigenvalue weighted by molar-refractivity contribution is 6.07. The minimum Gasteiger partial charge on any atom is -0.493 e. The summed E-state index contributed by atoms with van der Waals surface area (Å²) in [4.78, 5) is 42.7. The molecule has 3 fully saturated rings. The number of para-hydroxylation sites is 1. The summed E-state index contributed by atoms with van der Waals surface area (Å²) in [7, 11) is 3.09. The Labute approximate surface area is 201 Å². The monoisotopic (exact) mass is 471 g/mol. The molecule has 0 bridgehead atoms. The predicted octanol–water partition coefficient (Wildman–Crippen LogP) is 3.44. The van der Waals surface area contributed by atoms with Crippen LogP contribution in [0.25, 0.3) is 0 Å². The van der Waals surface area contributed by atoms with Crippen LogP contribution in [0, 0.1) is 22.7 Å². The van der Waals surface area contributed by atoms with Gasteiger partial charge in [0.25, 0.3) is 5.91 Å². The number of hydrogen-bond donors (Lipinski definition) is 1. The Morgan fingerprint density at radius 1 is 1.03 bits per heavy atom. The average molecular weight is 472 g/mol. The van der Waals surface area contributed by atoms with Crippen LogP contribution in [0.1, 0.15) is 53.0 Å². The van der Waals surface area contributed by atoms with E-state index < -0.39 is 11.6 Å². The molecule has 8 nitrogen and oxygen atoms in total. The Bertz CT molecular complexity index is 998. The van der Waals surface area contributed by atoms with Crippen molar-refractivity contribution in [2.24, 2.45) is 22.7 Å². The van der Waals surface area contributed by atoms with Gasteiger partial charge in [0, 0.05) is 24.6 Å². The first-order valence-electron chi connectivity index (χ1n) is 12.0. The van der Waals surface area contributed by atoms with Crippen LogP contribution < -0.4 is 14.8 Å². The van der Waals surface area contributed by atoms with Crippen molar-refractivity contribution in [3.05, 3.63) is 23.8 Å². The number of rotatable bonds is 6. The number of carbonyl (C=O) groups is 3. The van der Waals surface area contributed by atoms with E-state index in [0.717, 1.165) is 0 Å². The SMILES string of the molecule is COc1cccc(CN2C(=O)N[C@@](C)(C3CCN(C(=O)C4C(C)(C)C4(C)C)CC3)C2=O)c1OC. The Kier molecular flexibility index (Phi) is 5.85. The van der Waals surface area contributed by atoms with Crippen molar-refractivity contribution in [1.82, 2.24) is 15.1 Å². The van der Waals surface area contributed by atoms with E-state index in [4.69, 9.17) is 9.47 Å². The van der Waals surface area contributed by atoms with Gasteiger partial charge < -0.3 is 19.7 Å². The number of hydrogen-bond acceptors (Lipinski definition) is 5. The molecule has 0 aromatic heterocycles. The van der Waals surface area contributed by atoms with Crippen LogP contribution in [-0.2, 0) is 16.1 Å². The molecule has 1 saturated carbocycles. The number of imide groups is 1. The first-order chi connectivity index (χ1) is 15.9. The van der Waals surface area contributed by atoms with Gasteiger partial charge in [0.1, 0.15) is 5.54 Å². The Morgan fingerprint density at radius 3 is 2.18 bits per heavy atom. The Balaban J connectivity index is 1.44. The van der Waals surface area contributed by atoms with Gasteiger partial charge in [-0.3, -0.25) is 14.5 Å². The summed E-state index contributed by atoms with van der Waals surface area (Å²) in [6, 6.07) is 5.00. The van der Waals surface area contributed by atoms with Crippen LogP contribution in [0.2, 0.25) is 0 Å². The number of nitrogens with one attached hydrogen (secondary N) is 1. The largest absolute Gasteiger partial charge is 0.493 e. The van der Waals surface area contributed by atoms with Crippen molar-refractivity contribution in [3.63, 3.8) is 0 Å². The number of likely N-dealkylation sites (tertiary alicyclic amines) is 1. The molecular weight excluding hydrogens is 434 g/mol. The number of urea groups is 1. The van der Waals surface area contributed by atoms with Crippen molar-refractivity contribution >= 4 is 17.8 Å². The highest BCUT2D eigenvalue weighted by Gasteiger charge is 2.69. The van der Waals surface area contributed by atoms with E-state index in [1.54, 1.807) is 13.2 Å². The number of piperidine rings is 1. The molecule has 0 spiro atoms. The van der Waals surface area contributed by atoms with Gasteiger partial charge in [-0.05, 0) is 42.6 Å². The highest BCUT2D eigenvalue weighted by Crippen LogP contribution is 2.68. The second-order valence-electron chi connectivity index (χ2n) is 11.2. The first kappa shape index (κ1) is 24.4. The van der Waals surface area contributed by atoms with Crippen LogP contribution in [0.15, 0.2) is 18.2 Å². The Morgan fingerprint density at radius 2 is 1.65 bits per heavy atom. The lowest BCUT2D eigenvalue weighted by molar-refractivity contribution is -0.137. The molecule has 3 aliphatic rings. The van der Waals surface area contributed by atoms with E-state index >= 15 is 0 Å². The molecule has 2 heterocycles. The molecular formula is C26H37N3O5. The van der Waals surface area contributed by atoms with Gasteiger partial charge in [0.15, 0.2) is 11.5 Å². The molecule has 2 aliphatic heterocycles. The van der Waals surface area contributed by atoms with Gasteiger partial charge in [-0.2, -0.15) is 0 Å². The van der Waals surface area contributed by atoms with Gasteiger partial charge in [0.2, 0.25) is 5.91 Å². The maximum Gasteiger partial charge on any atom is 0.325 e. The third-order valence-corrected chi connectivity index (χ3v) is 9.00. The van der Waals surface area contributed by atoms with Crippen LogP contribution in [-0.4, -0.2) is 60.5 Å². The zero-order chi connectivity index (χ0) is 25.1. The van der Waals surface area contributed by atoms with E-state index in [-0.39, 0.29) is 41.0 Å². The third-order valence-electron chi connectivity index (χ3n) is 9.00. The molecule has 1 aliphatic carbocycles. The van der Waals surface area contributed by atoms with Gasteiger partial charge in [-0.15, -0.1) is 0 Å². The molecule has 34 heavy (non-hydrogen) atoms. The van der Waals surface area contributed by atoms with Crippen LogP contribution in [0.3, 0.4) is 0 Å². The lowest BCUT2D eigenvalue weighted by atomic mass is 9.78. The zero-order valence-corrected chi connectivity index (χ0v) is 21.4. The number of nitrogens with zero attached hydrogens (tertiary/aromatic N) is 2. The fraction of sp³-hybridized carbons (Fsp3) is 0.654. The number of benzene rings is 1. The molecule has 8 heteroatoms. The van der Waals surface area contributed by atoms with Gasteiger partial charge in [-0.25, -0.2) is 4.79 Å². The molecule has 4 rings (SSSR count). The summed E-state index contributed by atoms with van der Waals surface area (Å²) in [6.07, 6.45) is 1.36.